The lowest BCUT2D eigenvalue weighted by molar-refractivity contribution is 0.0595. The van der Waals surface area contributed by atoms with Gasteiger partial charge in [0.1, 0.15) is 18.1 Å². The highest BCUT2D eigenvalue weighted by Gasteiger charge is 2.13. The largest absolute Gasteiger partial charge is 0.480 e. The van der Waals surface area contributed by atoms with Crippen molar-refractivity contribution in [1.82, 2.24) is 4.98 Å². The van der Waals surface area contributed by atoms with E-state index in [1.807, 2.05) is 19.1 Å². The van der Waals surface area contributed by atoms with Gasteiger partial charge in [0.2, 0.25) is 0 Å². The molecule has 0 bridgehead atoms. The molecule has 1 heterocycles. The molecule has 0 aliphatic carbocycles. The molecule has 0 aliphatic heterocycles. The van der Waals surface area contributed by atoms with Gasteiger partial charge in [0.25, 0.3) is 0 Å². The lowest BCUT2D eigenvalue weighted by atomic mass is 10.1. The molecule has 0 spiro atoms. The standard InChI is InChI=1S/C14H13NO3/c1-4-7-18-12-6-5-9(2)13-10(12)8-11(15-13)14(16)17-3/h1,5-6,8,15H,7H2,2-3H3. The molecule has 0 aliphatic rings. The van der Waals surface area contributed by atoms with Crippen molar-refractivity contribution < 1.29 is 14.3 Å². The Balaban J connectivity index is 2.55. The van der Waals surface area contributed by atoms with Gasteiger partial charge in [-0.2, -0.15) is 0 Å². The minimum atomic E-state index is -0.409. The van der Waals surface area contributed by atoms with Crippen LogP contribution in [0.15, 0.2) is 18.2 Å². The number of carbonyl (C=O) groups is 1. The van der Waals surface area contributed by atoms with E-state index in [1.54, 1.807) is 6.07 Å². The van der Waals surface area contributed by atoms with Crippen molar-refractivity contribution in [3.63, 3.8) is 0 Å². The fraction of sp³-hybridized carbons (Fsp3) is 0.214. The van der Waals surface area contributed by atoms with Gasteiger partial charge in [-0.05, 0) is 24.6 Å². The van der Waals surface area contributed by atoms with Gasteiger partial charge in [0.15, 0.2) is 0 Å². The molecule has 4 heteroatoms. The highest BCUT2D eigenvalue weighted by atomic mass is 16.5. The summed E-state index contributed by atoms with van der Waals surface area (Å²) in [5.74, 6) is 2.66. The predicted molar refractivity (Wildman–Crippen MR) is 68.7 cm³/mol. The molecule has 92 valence electrons. The van der Waals surface area contributed by atoms with Gasteiger partial charge in [-0.25, -0.2) is 4.79 Å². The number of methoxy groups -OCH3 is 1. The van der Waals surface area contributed by atoms with Crippen LogP contribution in [0.4, 0.5) is 0 Å². The number of benzene rings is 1. The number of aromatic amines is 1. The van der Waals surface area contributed by atoms with Gasteiger partial charge in [0.05, 0.1) is 12.6 Å². The SMILES string of the molecule is C#CCOc1ccc(C)c2[nH]c(C(=O)OC)cc12. The molecule has 0 saturated heterocycles. The smallest absolute Gasteiger partial charge is 0.354 e. The molecule has 1 aromatic heterocycles. The number of fused-ring (bicyclic) bond motifs is 1. The molecule has 4 nitrogen and oxygen atoms in total. The van der Waals surface area contributed by atoms with E-state index in [4.69, 9.17) is 11.2 Å². The second-order valence-corrected chi connectivity index (χ2v) is 3.84. The van der Waals surface area contributed by atoms with E-state index in [0.29, 0.717) is 11.4 Å². The van der Waals surface area contributed by atoms with Crippen LogP contribution >= 0.6 is 0 Å². The Bertz CT molecular complexity index is 634. The van der Waals surface area contributed by atoms with Crippen LogP contribution in [0.3, 0.4) is 0 Å². The molecule has 2 aromatic rings. The van der Waals surface area contributed by atoms with Gasteiger partial charge < -0.3 is 14.5 Å². The van der Waals surface area contributed by atoms with E-state index in [2.05, 4.69) is 15.6 Å². The van der Waals surface area contributed by atoms with E-state index in [0.717, 1.165) is 16.5 Å². The number of aromatic nitrogens is 1. The Kier molecular flexibility index (Phi) is 3.24. The van der Waals surface area contributed by atoms with Crippen LogP contribution in [-0.2, 0) is 4.74 Å². The van der Waals surface area contributed by atoms with E-state index < -0.39 is 5.97 Å². The Morgan fingerprint density at radius 1 is 1.50 bits per heavy atom. The molecule has 0 fully saturated rings. The quantitative estimate of drug-likeness (QED) is 0.664. The highest BCUT2D eigenvalue weighted by Crippen LogP contribution is 2.29. The molecule has 1 N–H and O–H groups in total. The topological polar surface area (TPSA) is 51.3 Å². The molecule has 0 saturated carbocycles. The van der Waals surface area contributed by atoms with Crippen LogP contribution in [-0.4, -0.2) is 24.7 Å². The summed E-state index contributed by atoms with van der Waals surface area (Å²) < 4.78 is 10.1. The molecule has 1 aromatic carbocycles. The fourth-order valence-corrected chi connectivity index (χ4v) is 1.80. The van der Waals surface area contributed by atoms with E-state index in [9.17, 15) is 4.79 Å². The predicted octanol–water partition coefficient (Wildman–Crippen LogP) is 2.27. The maximum absolute atomic E-state index is 11.5. The number of hydrogen-bond acceptors (Lipinski definition) is 3. The Morgan fingerprint density at radius 3 is 2.94 bits per heavy atom. The summed E-state index contributed by atoms with van der Waals surface area (Å²) in [6.07, 6.45) is 5.17. The fourth-order valence-electron chi connectivity index (χ4n) is 1.80. The van der Waals surface area contributed by atoms with Crippen LogP contribution in [0.5, 0.6) is 5.75 Å². The summed E-state index contributed by atoms with van der Waals surface area (Å²) in [5.41, 5.74) is 2.27. The third kappa shape index (κ3) is 2.03. The zero-order chi connectivity index (χ0) is 13.1. The van der Waals surface area contributed by atoms with E-state index >= 15 is 0 Å². The summed E-state index contributed by atoms with van der Waals surface area (Å²) in [6, 6.07) is 5.45. The zero-order valence-corrected chi connectivity index (χ0v) is 10.2. The number of ether oxygens (including phenoxy) is 2. The first kappa shape index (κ1) is 12.1. The van der Waals surface area contributed by atoms with Crippen molar-refractivity contribution >= 4 is 16.9 Å². The maximum atomic E-state index is 11.5. The molecule has 0 amide bonds. The van der Waals surface area contributed by atoms with E-state index in [1.165, 1.54) is 7.11 Å². The van der Waals surface area contributed by atoms with Crippen LogP contribution < -0.4 is 4.74 Å². The second kappa shape index (κ2) is 4.84. The Hall–Kier alpha value is -2.41. The molecular formula is C14H13NO3. The summed E-state index contributed by atoms with van der Waals surface area (Å²) in [4.78, 5) is 14.5. The lowest BCUT2D eigenvalue weighted by Gasteiger charge is -2.05. The van der Waals surface area contributed by atoms with Crippen molar-refractivity contribution in [2.75, 3.05) is 13.7 Å². The Labute approximate surface area is 105 Å². The number of rotatable bonds is 3. The zero-order valence-electron chi connectivity index (χ0n) is 10.2. The number of nitrogens with one attached hydrogen (secondary N) is 1. The number of carbonyl (C=O) groups excluding carboxylic acids is 1. The third-order valence-electron chi connectivity index (χ3n) is 2.68. The van der Waals surface area contributed by atoms with Gasteiger partial charge in [0, 0.05) is 5.39 Å². The number of esters is 1. The van der Waals surface area contributed by atoms with Crippen molar-refractivity contribution in [3.05, 3.63) is 29.5 Å². The Morgan fingerprint density at radius 2 is 2.28 bits per heavy atom. The first-order chi connectivity index (χ1) is 8.67. The van der Waals surface area contributed by atoms with Crippen LogP contribution in [0.25, 0.3) is 10.9 Å². The van der Waals surface area contributed by atoms with Crippen LogP contribution in [0, 0.1) is 19.3 Å². The minimum Gasteiger partial charge on any atom is -0.480 e. The van der Waals surface area contributed by atoms with Crippen molar-refractivity contribution in [2.24, 2.45) is 0 Å². The summed E-state index contributed by atoms with van der Waals surface area (Å²) in [7, 11) is 1.34. The van der Waals surface area contributed by atoms with Crippen molar-refractivity contribution in [1.29, 1.82) is 0 Å². The molecule has 0 unspecified atom stereocenters. The third-order valence-corrected chi connectivity index (χ3v) is 2.68. The first-order valence-electron chi connectivity index (χ1n) is 5.44. The summed E-state index contributed by atoms with van der Waals surface area (Å²) in [5, 5.41) is 0.825. The van der Waals surface area contributed by atoms with E-state index in [-0.39, 0.29) is 6.61 Å². The van der Waals surface area contributed by atoms with Crippen molar-refractivity contribution in [2.45, 2.75) is 6.92 Å². The van der Waals surface area contributed by atoms with Gasteiger partial charge in [-0.3, -0.25) is 0 Å². The monoisotopic (exact) mass is 243 g/mol. The minimum absolute atomic E-state index is 0.191. The molecule has 2 rings (SSSR count). The molecule has 0 radical (unpaired) electrons. The number of terminal acetylenes is 1. The van der Waals surface area contributed by atoms with Gasteiger partial charge >= 0.3 is 5.97 Å². The second-order valence-electron chi connectivity index (χ2n) is 3.84. The first-order valence-corrected chi connectivity index (χ1v) is 5.44. The summed E-state index contributed by atoms with van der Waals surface area (Å²) >= 11 is 0. The normalized spacial score (nSPS) is 10.1. The number of H-pyrrole nitrogens is 1. The molecular weight excluding hydrogens is 230 g/mol. The molecule has 18 heavy (non-hydrogen) atoms. The van der Waals surface area contributed by atoms with Crippen LogP contribution in [0.2, 0.25) is 0 Å². The maximum Gasteiger partial charge on any atom is 0.354 e. The average Bonchev–Trinajstić information content (AvgIpc) is 2.83. The number of aryl methyl sites for hydroxylation is 1. The van der Waals surface area contributed by atoms with Crippen molar-refractivity contribution in [3.8, 4) is 18.1 Å². The lowest BCUT2D eigenvalue weighted by Crippen LogP contribution is -2.00. The van der Waals surface area contributed by atoms with Crippen LogP contribution in [0.1, 0.15) is 16.1 Å². The number of hydrogen-bond donors (Lipinski definition) is 1. The highest BCUT2D eigenvalue weighted by molar-refractivity contribution is 5.98. The van der Waals surface area contributed by atoms with Gasteiger partial charge in [-0.15, -0.1) is 6.42 Å². The summed E-state index contributed by atoms with van der Waals surface area (Å²) in [6.45, 7) is 2.14. The molecule has 0 atom stereocenters. The average molecular weight is 243 g/mol. The van der Waals surface area contributed by atoms with Gasteiger partial charge in [-0.1, -0.05) is 12.0 Å².